The van der Waals surface area contributed by atoms with Crippen LogP contribution in [0.1, 0.15) is 43.2 Å². The molecule has 2 heterocycles. The molecular weight excluding hydrogens is 218 g/mol. The molecule has 0 aliphatic rings. The van der Waals surface area contributed by atoms with E-state index in [2.05, 4.69) is 10.2 Å². The summed E-state index contributed by atoms with van der Waals surface area (Å²) >= 11 is 0. The van der Waals surface area contributed by atoms with E-state index in [0.29, 0.717) is 24.7 Å². The van der Waals surface area contributed by atoms with Crippen molar-refractivity contribution < 1.29 is 8.83 Å². The Morgan fingerprint density at radius 1 is 1.29 bits per heavy atom. The molecule has 17 heavy (non-hydrogen) atoms. The molecule has 1 atom stereocenters. The molecule has 0 aliphatic carbocycles. The van der Waals surface area contributed by atoms with Crippen LogP contribution in [0.5, 0.6) is 0 Å². The van der Waals surface area contributed by atoms with E-state index in [1.165, 1.54) is 0 Å². The first kappa shape index (κ1) is 11.9. The zero-order valence-electron chi connectivity index (χ0n) is 10.1. The van der Waals surface area contributed by atoms with E-state index in [4.69, 9.17) is 14.6 Å². The van der Waals surface area contributed by atoms with Gasteiger partial charge in [-0.2, -0.15) is 0 Å². The molecule has 2 rings (SSSR count). The molecule has 0 fully saturated rings. The van der Waals surface area contributed by atoms with Gasteiger partial charge in [-0.1, -0.05) is 13.8 Å². The van der Waals surface area contributed by atoms with Crippen molar-refractivity contribution in [1.29, 1.82) is 0 Å². The third kappa shape index (κ3) is 2.74. The van der Waals surface area contributed by atoms with Crippen LogP contribution in [0, 0.1) is 0 Å². The van der Waals surface area contributed by atoms with Crippen molar-refractivity contribution in [3.8, 4) is 0 Å². The second-order valence-electron chi connectivity index (χ2n) is 4.35. The van der Waals surface area contributed by atoms with Gasteiger partial charge < -0.3 is 14.6 Å². The van der Waals surface area contributed by atoms with Gasteiger partial charge in [0.05, 0.1) is 12.2 Å². The van der Waals surface area contributed by atoms with Gasteiger partial charge in [-0.15, -0.1) is 10.2 Å². The number of rotatable bonds is 5. The van der Waals surface area contributed by atoms with Crippen LogP contribution in [-0.2, 0) is 6.42 Å². The molecule has 0 amide bonds. The maximum absolute atomic E-state index is 5.74. The van der Waals surface area contributed by atoms with E-state index >= 15 is 0 Å². The van der Waals surface area contributed by atoms with E-state index in [-0.39, 0.29) is 11.8 Å². The minimum atomic E-state index is 0.0150. The number of nitrogens with zero attached hydrogens (tertiary/aromatic N) is 2. The Morgan fingerprint density at radius 2 is 2.06 bits per heavy atom. The van der Waals surface area contributed by atoms with E-state index < -0.39 is 0 Å². The summed E-state index contributed by atoms with van der Waals surface area (Å²) in [5, 5.41) is 8.06. The van der Waals surface area contributed by atoms with Crippen LogP contribution in [0.15, 0.2) is 27.2 Å². The van der Waals surface area contributed by atoms with E-state index in [9.17, 15) is 0 Å². The lowest BCUT2D eigenvalue weighted by molar-refractivity contribution is 0.388. The number of hydrogen-bond donors (Lipinski definition) is 1. The molecule has 5 heteroatoms. The fraction of sp³-hybridized carbons (Fsp3) is 0.500. The maximum Gasteiger partial charge on any atom is 0.221 e. The fourth-order valence-corrected chi connectivity index (χ4v) is 1.59. The predicted octanol–water partition coefficient (Wildman–Crippen LogP) is 2.07. The minimum absolute atomic E-state index is 0.0150. The van der Waals surface area contributed by atoms with Crippen LogP contribution in [0.2, 0.25) is 0 Å². The summed E-state index contributed by atoms with van der Waals surface area (Å²) in [4.78, 5) is 0. The molecule has 0 aliphatic heterocycles. The summed E-state index contributed by atoms with van der Waals surface area (Å²) in [5.74, 6) is 2.37. The molecule has 2 N–H and O–H groups in total. The molecule has 0 saturated heterocycles. The van der Waals surface area contributed by atoms with Gasteiger partial charge >= 0.3 is 0 Å². The Hall–Kier alpha value is -1.62. The SMILES string of the molecule is CC(C)c1nnc(C(CN)Cc2ccco2)o1. The molecular formula is C12H17N3O2. The van der Waals surface area contributed by atoms with Crippen molar-refractivity contribution in [2.24, 2.45) is 5.73 Å². The zero-order valence-corrected chi connectivity index (χ0v) is 10.1. The standard InChI is InChI=1S/C12H17N3O2/c1-8(2)11-14-15-12(17-11)9(7-13)6-10-4-3-5-16-10/h3-5,8-9H,6-7,13H2,1-2H3. The average Bonchev–Trinajstić information content (AvgIpc) is 2.96. The summed E-state index contributed by atoms with van der Waals surface area (Å²) in [6.07, 6.45) is 2.33. The molecule has 1 unspecified atom stereocenters. The topological polar surface area (TPSA) is 78.1 Å². The van der Waals surface area contributed by atoms with Crippen molar-refractivity contribution >= 4 is 0 Å². The van der Waals surface area contributed by atoms with Crippen LogP contribution >= 0.6 is 0 Å². The summed E-state index contributed by atoms with van der Waals surface area (Å²) < 4.78 is 10.9. The fourth-order valence-electron chi connectivity index (χ4n) is 1.59. The highest BCUT2D eigenvalue weighted by atomic mass is 16.4. The van der Waals surface area contributed by atoms with Crippen LogP contribution in [0.25, 0.3) is 0 Å². The first-order chi connectivity index (χ1) is 8.20. The second-order valence-corrected chi connectivity index (χ2v) is 4.35. The summed E-state index contributed by atoms with van der Waals surface area (Å²) in [6.45, 7) is 4.49. The third-order valence-corrected chi connectivity index (χ3v) is 2.61. The molecule has 2 aromatic rings. The van der Waals surface area contributed by atoms with Crippen molar-refractivity contribution in [1.82, 2.24) is 10.2 Å². The first-order valence-electron chi connectivity index (χ1n) is 5.76. The minimum Gasteiger partial charge on any atom is -0.469 e. The predicted molar refractivity (Wildman–Crippen MR) is 62.6 cm³/mol. The van der Waals surface area contributed by atoms with E-state index in [1.807, 2.05) is 26.0 Å². The van der Waals surface area contributed by atoms with Crippen LogP contribution in [0.3, 0.4) is 0 Å². The average molecular weight is 235 g/mol. The van der Waals surface area contributed by atoms with Crippen molar-refractivity contribution in [3.05, 3.63) is 35.9 Å². The van der Waals surface area contributed by atoms with Gasteiger partial charge in [0.15, 0.2) is 0 Å². The van der Waals surface area contributed by atoms with Crippen molar-refractivity contribution in [2.45, 2.75) is 32.1 Å². The van der Waals surface area contributed by atoms with Gasteiger partial charge in [0, 0.05) is 18.9 Å². The lowest BCUT2D eigenvalue weighted by Gasteiger charge is -2.07. The highest BCUT2D eigenvalue weighted by Crippen LogP contribution is 2.21. The Bertz CT molecular complexity index is 448. The highest BCUT2D eigenvalue weighted by molar-refractivity contribution is 5.05. The molecule has 5 nitrogen and oxygen atoms in total. The smallest absolute Gasteiger partial charge is 0.221 e. The summed E-state index contributed by atoms with van der Waals surface area (Å²) in [6, 6.07) is 3.78. The second kappa shape index (κ2) is 5.14. The first-order valence-corrected chi connectivity index (χ1v) is 5.76. The van der Waals surface area contributed by atoms with Gasteiger partial charge in [-0.25, -0.2) is 0 Å². The van der Waals surface area contributed by atoms with Gasteiger partial charge in [0.1, 0.15) is 5.76 Å². The van der Waals surface area contributed by atoms with Gasteiger partial charge in [-0.3, -0.25) is 0 Å². The van der Waals surface area contributed by atoms with Crippen molar-refractivity contribution in [2.75, 3.05) is 6.54 Å². The quantitative estimate of drug-likeness (QED) is 0.858. The molecule has 0 spiro atoms. The largest absolute Gasteiger partial charge is 0.469 e. The number of aromatic nitrogens is 2. The molecule has 92 valence electrons. The maximum atomic E-state index is 5.74. The number of hydrogen-bond acceptors (Lipinski definition) is 5. The molecule has 0 bridgehead atoms. The van der Waals surface area contributed by atoms with Gasteiger partial charge in [-0.05, 0) is 12.1 Å². The van der Waals surface area contributed by atoms with Crippen molar-refractivity contribution in [3.63, 3.8) is 0 Å². The van der Waals surface area contributed by atoms with Gasteiger partial charge in [0.25, 0.3) is 0 Å². The number of nitrogens with two attached hydrogens (primary N) is 1. The zero-order chi connectivity index (χ0) is 12.3. The summed E-state index contributed by atoms with van der Waals surface area (Å²) in [7, 11) is 0. The third-order valence-electron chi connectivity index (χ3n) is 2.61. The summed E-state index contributed by atoms with van der Waals surface area (Å²) in [5.41, 5.74) is 5.74. The Balaban J connectivity index is 2.11. The van der Waals surface area contributed by atoms with Crippen LogP contribution < -0.4 is 5.73 Å². The van der Waals surface area contributed by atoms with Gasteiger partial charge in [0.2, 0.25) is 11.8 Å². The Labute approximate surface area is 100 Å². The molecule has 2 aromatic heterocycles. The van der Waals surface area contributed by atoms with Crippen LogP contribution in [-0.4, -0.2) is 16.7 Å². The lowest BCUT2D eigenvalue weighted by atomic mass is 10.0. The molecule has 0 aromatic carbocycles. The molecule has 0 saturated carbocycles. The highest BCUT2D eigenvalue weighted by Gasteiger charge is 2.20. The van der Waals surface area contributed by atoms with Crippen LogP contribution in [0.4, 0.5) is 0 Å². The normalized spacial score (nSPS) is 13.2. The Kier molecular flexibility index (Phi) is 3.58. The lowest BCUT2D eigenvalue weighted by Crippen LogP contribution is -2.15. The molecule has 0 radical (unpaired) electrons. The van der Waals surface area contributed by atoms with E-state index in [0.717, 1.165) is 5.76 Å². The Morgan fingerprint density at radius 3 is 2.59 bits per heavy atom. The van der Waals surface area contributed by atoms with E-state index in [1.54, 1.807) is 6.26 Å². The monoisotopic (exact) mass is 235 g/mol. The number of furan rings is 1.